The molecule has 2 aromatic carbocycles. The Balaban J connectivity index is 1.44. The van der Waals surface area contributed by atoms with Gasteiger partial charge in [0.1, 0.15) is 0 Å². The molecule has 2 aromatic heterocycles. The number of aryl methyl sites for hydroxylation is 3. The first-order valence-electron chi connectivity index (χ1n) is 11.1. The van der Waals surface area contributed by atoms with Crippen LogP contribution >= 0.6 is 0 Å². The van der Waals surface area contributed by atoms with E-state index in [1.165, 1.54) is 0 Å². The molecular formula is C26H26N6O. The lowest BCUT2D eigenvalue weighted by Crippen LogP contribution is -2.16. The quantitative estimate of drug-likeness (QED) is 0.448. The molecule has 3 heterocycles. The highest BCUT2D eigenvalue weighted by molar-refractivity contribution is 5.99. The normalized spacial score (nSPS) is 14.8. The van der Waals surface area contributed by atoms with Gasteiger partial charge in [0.25, 0.3) is 5.91 Å². The van der Waals surface area contributed by atoms with Crippen molar-refractivity contribution in [2.75, 3.05) is 5.32 Å². The van der Waals surface area contributed by atoms with Crippen molar-refractivity contribution < 1.29 is 4.79 Å². The Kier molecular flexibility index (Phi) is 5.17. The molecule has 0 radical (unpaired) electrons. The highest BCUT2D eigenvalue weighted by Crippen LogP contribution is 2.30. The van der Waals surface area contributed by atoms with Crippen molar-refractivity contribution >= 4 is 17.5 Å². The molecule has 7 nitrogen and oxygen atoms in total. The monoisotopic (exact) mass is 438 g/mol. The van der Waals surface area contributed by atoms with Crippen LogP contribution in [-0.4, -0.2) is 25.7 Å². The summed E-state index contributed by atoms with van der Waals surface area (Å²) in [6.07, 6.45) is 1.91. The van der Waals surface area contributed by atoms with Crippen molar-refractivity contribution in [3.63, 3.8) is 0 Å². The van der Waals surface area contributed by atoms with Crippen LogP contribution in [0.1, 0.15) is 47.1 Å². The highest BCUT2D eigenvalue weighted by Gasteiger charge is 2.25. The van der Waals surface area contributed by atoms with Crippen LogP contribution in [0.25, 0.3) is 22.5 Å². The van der Waals surface area contributed by atoms with Crippen molar-refractivity contribution in [3.05, 3.63) is 77.1 Å². The summed E-state index contributed by atoms with van der Waals surface area (Å²) in [5, 5.41) is 11.0. The van der Waals surface area contributed by atoms with Gasteiger partial charge in [0.15, 0.2) is 5.82 Å². The lowest BCUT2D eigenvalue weighted by atomic mass is 9.99. The minimum Gasteiger partial charge on any atom is -0.345 e. The van der Waals surface area contributed by atoms with Gasteiger partial charge in [0.05, 0.1) is 6.04 Å². The molecule has 2 N–H and O–H groups in total. The van der Waals surface area contributed by atoms with Gasteiger partial charge in [-0.3, -0.25) is 9.78 Å². The van der Waals surface area contributed by atoms with E-state index in [1.54, 1.807) is 0 Å². The number of pyridine rings is 1. The molecule has 1 amide bonds. The summed E-state index contributed by atoms with van der Waals surface area (Å²) in [5.41, 5.74) is 7.95. The van der Waals surface area contributed by atoms with Crippen LogP contribution in [0, 0.1) is 13.8 Å². The maximum atomic E-state index is 12.0. The van der Waals surface area contributed by atoms with Crippen LogP contribution < -0.4 is 10.6 Å². The van der Waals surface area contributed by atoms with Gasteiger partial charge in [-0.1, -0.05) is 18.2 Å². The van der Waals surface area contributed by atoms with E-state index < -0.39 is 0 Å². The molecule has 5 rings (SSSR count). The number of hydrogen-bond acceptors (Lipinski definition) is 5. The summed E-state index contributed by atoms with van der Waals surface area (Å²) >= 11 is 0. The molecular weight excluding hydrogens is 412 g/mol. The molecule has 0 bridgehead atoms. The Bertz CT molecular complexity index is 1360. The van der Waals surface area contributed by atoms with Gasteiger partial charge in [0, 0.05) is 40.8 Å². The molecule has 4 aromatic rings. The summed E-state index contributed by atoms with van der Waals surface area (Å²) < 4.78 is 1.85. The molecule has 1 aliphatic heterocycles. The van der Waals surface area contributed by atoms with E-state index in [0.717, 1.165) is 44.8 Å². The van der Waals surface area contributed by atoms with Gasteiger partial charge < -0.3 is 10.6 Å². The minimum absolute atomic E-state index is 0.000856. The molecule has 0 fully saturated rings. The smallest absolute Gasteiger partial charge is 0.252 e. The summed E-state index contributed by atoms with van der Waals surface area (Å²) in [6.45, 7) is 8.79. The molecule has 0 saturated carbocycles. The molecule has 1 aliphatic rings. The van der Waals surface area contributed by atoms with E-state index >= 15 is 0 Å². The molecule has 33 heavy (non-hydrogen) atoms. The Morgan fingerprint density at radius 1 is 1.03 bits per heavy atom. The zero-order valence-electron chi connectivity index (χ0n) is 19.2. The van der Waals surface area contributed by atoms with Crippen molar-refractivity contribution in [1.29, 1.82) is 0 Å². The van der Waals surface area contributed by atoms with Gasteiger partial charge in [-0.05, 0) is 74.7 Å². The Morgan fingerprint density at radius 2 is 1.82 bits per heavy atom. The van der Waals surface area contributed by atoms with Crippen molar-refractivity contribution in [3.8, 4) is 22.5 Å². The van der Waals surface area contributed by atoms with Crippen molar-refractivity contribution in [2.45, 2.75) is 40.3 Å². The average molecular weight is 439 g/mol. The topological polar surface area (TPSA) is 84.7 Å². The van der Waals surface area contributed by atoms with Gasteiger partial charge >= 0.3 is 0 Å². The third kappa shape index (κ3) is 3.86. The SMILES string of the molecule is CCn1nc(-c2ccc(-c3ccc(C)nc3)c(C)c2)nc1Nc1ccc2c(c1)C(C)NC2=O. The maximum Gasteiger partial charge on any atom is 0.252 e. The van der Waals surface area contributed by atoms with E-state index in [-0.39, 0.29) is 11.9 Å². The number of nitrogens with one attached hydrogen (secondary N) is 2. The fourth-order valence-corrected chi connectivity index (χ4v) is 4.22. The first kappa shape index (κ1) is 20.9. The standard InChI is InChI=1S/C26H26N6O/c1-5-32-26(29-20-9-11-22-23(13-20)17(4)28-25(22)33)30-24(31-32)18-8-10-21(15(2)12-18)19-7-6-16(3)27-14-19/h6-14,17H,5H2,1-4H3,(H,28,33)(H,29,30,31). The number of carbonyl (C=O) groups excluding carboxylic acids is 1. The molecule has 0 spiro atoms. The highest BCUT2D eigenvalue weighted by atomic mass is 16.2. The summed E-state index contributed by atoms with van der Waals surface area (Å²) in [6, 6.07) is 16.1. The molecule has 1 unspecified atom stereocenters. The third-order valence-electron chi connectivity index (χ3n) is 6.04. The lowest BCUT2D eigenvalue weighted by Gasteiger charge is -2.09. The number of anilines is 2. The zero-order chi connectivity index (χ0) is 23.1. The van der Waals surface area contributed by atoms with E-state index in [2.05, 4.69) is 46.8 Å². The van der Waals surface area contributed by atoms with E-state index in [1.807, 2.05) is 55.9 Å². The fraction of sp³-hybridized carbons (Fsp3) is 0.231. The minimum atomic E-state index is -0.0247. The van der Waals surface area contributed by atoms with Crippen LogP contribution in [0.5, 0.6) is 0 Å². The van der Waals surface area contributed by atoms with Crippen LogP contribution in [-0.2, 0) is 6.54 Å². The first-order chi connectivity index (χ1) is 15.9. The number of rotatable bonds is 5. The summed E-state index contributed by atoms with van der Waals surface area (Å²) in [4.78, 5) is 21.2. The van der Waals surface area contributed by atoms with Gasteiger partial charge in [0.2, 0.25) is 5.95 Å². The number of aromatic nitrogens is 4. The summed E-state index contributed by atoms with van der Waals surface area (Å²) in [5.74, 6) is 1.31. The number of benzene rings is 2. The molecule has 0 aliphatic carbocycles. The predicted molar refractivity (Wildman–Crippen MR) is 129 cm³/mol. The zero-order valence-corrected chi connectivity index (χ0v) is 19.2. The number of amides is 1. The van der Waals surface area contributed by atoms with Gasteiger partial charge in [-0.25, -0.2) is 4.68 Å². The van der Waals surface area contributed by atoms with E-state index in [4.69, 9.17) is 10.1 Å². The van der Waals surface area contributed by atoms with Crippen LogP contribution in [0.2, 0.25) is 0 Å². The van der Waals surface area contributed by atoms with Crippen molar-refractivity contribution in [1.82, 2.24) is 25.1 Å². The molecule has 0 saturated heterocycles. The Hall–Kier alpha value is -4.00. The number of fused-ring (bicyclic) bond motifs is 1. The average Bonchev–Trinajstić information content (AvgIpc) is 3.34. The van der Waals surface area contributed by atoms with Crippen LogP contribution in [0.3, 0.4) is 0 Å². The Labute approximate surface area is 192 Å². The maximum absolute atomic E-state index is 12.0. The number of nitrogens with zero attached hydrogens (tertiary/aromatic N) is 4. The van der Waals surface area contributed by atoms with E-state index in [0.29, 0.717) is 18.3 Å². The number of hydrogen-bond donors (Lipinski definition) is 2. The van der Waals surface area contributed by atoms with E-state index in [9.17, 15) is 4.79 Å². The number of carbonyl (C=O) groups is 1. The second-order valence-electron chi connectivity index (χ2n) is 8.41. The fourth-order valence-electron chi connectivity index (χ4n) is 4.22. The predicted octanol–water partition coefficient (Wildman–Crippen LogP) is 5.19. The van der Waals surface area contributed by atoms with Gasteiger partial charge in [-0.15, -0.1) is 5.10 Å². The second kappa shape index (κ2) is 8.16. The largest absolute Gasteiger partial charge is 0.345 e. The molecule has 7 heteroatoms. The third-order valence-corrected chi connectivity index (χ3v) is 6.04. The van der Waals surface area contributed by atoms with Crippen LogP contribution in [0.4, 0.5) is 11.6 Å². The first-order valence-corrected chi connectivity index (χ1v) is 11.1. The molecule has 166 valence electrons. The van der Waals surface area contributed by atoms with Crippen LogP contribution in [0.15, 0.2) is 54.7 Å². The van der Waals surface area contributed by atoms with Gasteiger partial charge in [-0.2, -0.15) is 4.98 Å². The summed E-state index contributed by atoms with van der Waals surface area (Å²) in [7, 11) is 0. The van der Waals surface area contributed by atoms with Crippen molar-refractivity contribution in [2.24, 2.45) is 0 Å². The Morgan fingerprint density at radius 3 is 2.55 bits per heavy atom. The molecule has 1 atom stereocenters. The lowest BCUT2D eigenvalue weighted by molar-refractivity contribution is 0.0958. The second-order valence-corrected chi connectivity index (χ2v) is 8.41.